The smallest absolute Gasteiger partial charge is 0.255 e. The quantitative estimate of drug-likeness (QED) is 0.682. The van der Waals surface area contributed by atoms with Crippen LogP contribution in [0.4, 0.5) is 0 Å². The Labute approximate surface area is 159 Å². The average molecular weight is 366 g/mol. The first-order valence-corrected chi connectivity index (χ1v) is 9.13. The Hall–Kier alpha value is -2.79. The Morgan fingerprint density at radius 1 is 1.15 bits per heavy atom. The largest absolute Gasteiger partial charge is 0.491 e. The summed E-state index contributed by atoms with van der Waals surface area (Å²) in [7, 11) is 3.97. The highest BCUT2D eigenvalue weighted by atomic mass is 16.5. The molecule has 1 amide bonds. The van der Waals surface area contributed by atoms with Gasteiger partial charge in [0.15, 0.2) is 0 Å². The number of furan rings is 1. The molecule has 1 N–H and O–H groups in total. The number of likely N-dealkylation sites (N-methyl/N-ethyl adjacent to an activating group) is 1. The van der Waals surface area contributed by atoms with Gasteiger partial charge in [-0.15, -0.1) is 0 Å². The van der Waals surface area contributed by atoms with E-state index in [4.69, 9.17) is 9.15 Å². The zero-order valence-electron chi connectivity index (χ0n) is 16.3. The minimum atomic E-state index is -0.250. The molecule has 2 aromatic carbocycles. The van der Waals surface area contributed by atoms with Gasteiger partial charge >= 0.3 is 0 Å². The van der Waals surface area contributed by atoms with E-state index in [1.165, 1.54) is 0 Å². The number of fused-ring (bicyclic) bond motifs is 1. The van der Waals surface area contributed by atoms with Crippen molar-refractivity contribution in [1.29, 1.82) is 0 Å². The van der Waals surface area contributed by atoms with Crippen LogP contribution in [0.2, 0.25) is 0 Å². The molecule has 0 spiro atoms. The molecule has 5 nitrogen and oxygen atoms in total. The maximum absolute atomic E-state index is 12.8. The number of nitrogens with one attached hydrogen (secondary N) is 1. The molecule has 1 heterocycles. The van der Waals surface area contributed by atoms with Crippen molar-refractivity contribution in [3.05, 3.63) is 65.4 Å². The maximum atomic E-state index is 12.8. The van der Waals surface area contributed by atoms with Crippen LogP contribution in [0.25, 0.3) is 11.0 Å². The number of hydrogen-bond acceptors (Lipinski definition) is 4. The maximum Gasteiger partial charge on any atom is 0.255 e. The summed E-state index contributed by atoms with van der Waals surface area (Å²) < 4.78 is 11.8. The van der Waals surface area contributed by atoms with Gasteiger partial charge < -0.3 is 19.4 Å². The topological polar surface area (TPSA) is 54.7 Å². The molecule has 142 valence electrons. The molecule has 0 aliphatic rings. The number of carbonyl (C=O) groups is 1. The molecular weight excluding hydrogens is 340 g/mol. The van der Waals surface area contributed by atoms with Crippen LogP contribution < -0.4 is 10.1 Å². The average Bonchev–Trinajstić information content (AvgIpc) is 2.99. The van der Waals surface area contributed by atoms with E-state index < -0.39 is 0 Å². The first kappa shape index (κ1) is 19.0. The minimum absolute atomic E-state index is 0.178. The number of para-hydroxylation sites is 2. The van der Waals surface area contributed by atoms with Crippen LogP contribution in [0, 0.1) is 6.92 Å². The van der Waals surface area contributed by atoms with E-state index in [0.717, 1.165) is 28.8 Å². The predicted octanol–water partition coefficient (Wildman–Crippen LogP) is 4.17. The Morgan fingerprint density at radius 3 is 2.59 bits per heavy atom. The number of carbonyl (C=O) groups excluding carboxylic acids is 1. The second-order valence-electron chi connectivity index (χ2n) is 6.93. The molecular formula is C22H26N2O3. The number of aryl methyl sites for hydroxylation is 1. The lowest BCUT2D eigenvalue weighted by atomic mass is 10.1. The van der Waals surface area contributed by atoms with Crippen molar-refractivity contribution < 1.29 is 13.9 Å². The Bertz CT molecular complexity index is 930. The molecule has 0 saturated heterocycles. The zero-order valence-corrected chi connectivity index (χ0v) is 16.3. The third-order valence-corrected chi connectivity index (χ3v) is 4.55. The lowest BCUT2D eigenvalue weighted by molar-refractivity contribution is 0.0931. The highest BCUT2D eigenvalue weighted by Gasteiger charge is 2.20. The van der Waals surface area contributed by atoms with Crippen molar-refractivity contribution in [3.63, 3.8) is 0 Å². The number of rotatable bonds is 7. The van der Waals surface area contributed by atoms with E-state index in [0.29, 0.717) is 17.9 Å². The summed E-state index contributed by atoms with van der Waals surface area (Å²) >= 11 is 0. The standard InChI is InChI=1S/C22H26N2O3/c1-15-17-9-5-8-12-20(17)27-21(15)16(2)23-22(25)18-10-6-7-11-19(18)26-14-13-24(3)4/h5-12,16H,13-14H2,1-4H3,(H,23,25). The molecule has 27 heavy (non-hydrogen) atoms. The zero-order chi connectivity index (χ0) is 19.4. The van der Waals surface area contributed by atoms with Crippen molar-refractivity contribution >= 4 is 16.9 Å². The molecule has 1 unspecified atom stereocenters. The molecule has 1 aromatic heterocycles. The van der Waals surface area contributed by atoms with E-state index in [2.05, 4.69) is 5.32 Å². The summed E-state index contributed by atoms with van der Waals surface area (Å²) in [5.41, 5.74) is 2.41. The van der Waals surface area contributed by atoms with Gasteiger partial charge in [-0.1, -0.05) is 30.3 Å². The highest BCUT2D eigenvalue weighted by molar-refractivity contribution is 5.97. The molecule has 0 aliphatic carbocycles. The van der Waals surface area contributed by atoms with Crippen molar-refractivity contribution in [2.24, 2.45) is 0 Å². The predicted molar refractivity (Wildman–Crippen MR) is 107 cm³/mol. The molecule has 1 atom stereocenters. The number of hydrogen-bond donors (Lipinski definition) is 1. The fourth-order valence-corrected chi connectivity index (χ4v) is 3.06. The lowest BCUT2D eigenvalue weighted by Gasteiger charge is -2.16. The molecule has 0 bridgehead atoms. The van der Waals surface area contributed by atoms with E-state index in [-0.39, 0.29) is 11.9 Å². The summed E-state index contributed by atoms with van der Waals surface area (Å²) in [4.78, 5) is 14.9. The van der Waals surface area contributed by atoms with Gasteiger partial charge in [0.1, 0.15) is 23.7 Å². The molecule has 0 radical (unpaired) electrons. The van der Waals surface area contributed by atoms with E-state index in [1.807, 2.05) is 75.3 Å². The third kappa shape index (κ3) is 4.31. The summed E-state index contributed by atoms with van der Waals surface area (Å²) in [6, 6.07) is 15.0. The minimum Gasteiger partial charge on any atom is -0.491 e. The number of ether oxygens (including phenoxy) is 1. The third-order valence-electron chi connectivity index (χ3n) is 4.55. The number of benzene rings is 2. The van der Waals surface area contributed by atoms with Crippen LogP contribution >= 0.6 is 0 Å². The fraction of sp³-hybridized carbons (Fsp3) is 0.318. The van der Waals surface area contributed by atoms with E-state index >= 15 is 0 Å². The highest BCUT2D eigenvalue weighted by Crippen LogP contribution is 2.29. The van der Waals surface area contributed by atoms with Gasteiger partial charge in [-0.05, 0) is 46.1 Å². The van der Waals surface area contributed by atoms with Crippen LogP contribution in [-0.4, -0.2) is 38.1 Å². The van der Waals surface area contributed by atoms with Crippen molar-refractivity contribution in [1.82, 2.24) is 10.2 Å². The molecule has 0 saturated carbocycles. The van der Waals surface area contributed by atoms with Gasteiger partial charge in [0.05, 0.1) is 11.6 Å². The number of nitrogens with zero attached hydrogens (tertiary/aromatic N) is 1. The van der Waals surface area contributed by atoms with Gasteiger partial charge in [0, 0.05) is 17.5 Å². The Morgan fingerprint density at radius 2 is 1.85 bits per heavy atom. The summed E-state index contributed by atoms with van der Waals surface area (Å²) in [5.74, 6) is 1.18. The molecule has 3 rings (SSSR count). The Kier molecular flexibility index (Phi) is 5.81. The van der Waals surface area contributed by atoms with Crippen molar-refractivity contribution in [2.75, 3.05) is 27.2 Å². The molecule has 5 heteroatoms. The van der Waals surface area contributed by atoms with Gasteiger partial charge in [-0.3, -0.25) is 4.79 Å². The van der Waals surface area contributed by atoms with Gasteiger partial charge in [-0.2, -0.15) is 0 Å². The Balaban J connectivity index is 1.75. The second kappa shape index (κ2) is 8.27. The fourth-order valence-electron chi connectivity index (χ4n) is 3.06. The summed E-state index contributed by atoms with van der Waals surface area (Å²) in [6.45, 7) is 5.25. The van der Waals surface area contributed by atoms with Crippen LogP contribution in [-0.2, 0) is 0 Å². The monoisotopic (exact) mass is 366 g/mol. The normalized spacial score (nSPS) is 12.3. The van der Waals surface area contributed by atoms with Crippen molar-refractivity contribution in [3.8, 4) is 5.75 Å². The molecule has 0 aliphatic heterocycles. The van der Waals surface area contributed by atoms with Crippen LogP contribution in [0.1, 0.15) is 34.6 Å². The second-order valence-corrected chi connectivity index (χ2v) is 6.93. The summed E-state index contributed by atoms with van der Waals surface area (Å²) in [6.07, 6.45) is 0. The first-order valence-electron chi connectivity index (χ1n) is 9.13. The van der Waals surface area contributed by atoms with Gasteiger partial charge in [0.2, 0.25) is 0 Å². The van der Waals surface area contributed by atoms with Gasteiger partial charge in [0.25, 0.3) is 5.91 Å². The SMILES string of the molecule is Cc1c(C(C)NC(=O)c2ccccc2OCCN(C)C)oc2ccccc12. The van der Waals surface area contributed by atoms with E-state index in [9.17, 15) is 4.79 Å². The molecule has 0 fully saturated rings. The molecule has 3 aromatic rings. The van der Waals surface area contributed by atoms with E-state index in [1.54, 1.807) is 6.07 Å². The number of amides is 1. The van der Waals surface area contributed by atoms with Crippen LogP contribution in [0.15, 0.2) is 52.9 Å². The lowest BCUT2D eigenvalue weighted by Crippen LogP contribution is -2.27. The van der Waals surface area contributed by atoms with Crippen LogP contribution in [0.3, 0.4) is 0 Å². The summed E-state index contributed by atoms with van der Waals surface area (Å²) in [5, 5.41) is 4.10. The van der Waals surface area contributed by atoms with Crippen LogP contribution in [0.5, 0.6) is 5.75 Å². The first-order chi connectivity index (χ1) is 13.0. The van der Waals surface area contributed by atoms with Gasteiger partial charge in [-0.25, -0.2) is 0 Å². The van der Waals surface area contributed by atoms with Crippen molar-refractivity contribution in [2.45, 2.75) is 19.9 Å².